The number of Topliss-reactive ketones (excluding diaryl/α,β-unsaturated/α-hetero) is 1. The molecular formula is C101H116B2F2KLiN20O8. The van der Waals surface area contributed by atoms with Crippen LogP contribution in [-0.4, -0.2) is 214 Å². The molecule has 6 aromatic heterocycles. The molecule has 12 heterocycles. The van der Waals surface area contributed by atoms with E-state index in [9.17, 15) is 28.9 Å². The summed E-state index contributed by atoms with van der Waals surface area (Å²) in [4.78, 5) is 74.3. The standard InChI is InChI=1S/C30H32FN7O.C20H22BN3O.C19H19N3.C14H12N2.C11H15FN4O2.C6H12BNO2.CH4O.K.Li.H2O/c31-30(11-15-37(16-12-30)19-20-17-34-29(33)35-18-20)28(39)38-13-9-21(10-14-38)26-23-6-2-4-8-25(23)36-27(26)22-5-1-3-7-24(22)32;1-21(25)24-12-10-14(11-13-24)19-16-7-3-5-9-18(16)23-20(19)15-6-2-4-8-17(15)22;20-16-7-3-1-5-14(16)19-18(13-9-11-21-12-10-13)15-6-2-4-8-17(15)22-19;15-12-7-3-2-6-11(12)14-9-10-5-1-4-8-13(10)16-14;12-11(9(17)18)1-3-16(4-2-11)7-8-5-14-10(13)15-6-8;1-7(10)8-4-2-6(9)3-5-8;1-2;;;/h1-9,17-18,36H,10-16,19,32H2,(H2,33,34,35);2-10,23,25H,11-13,22H2,1H3;1-9,21-22H,10-12,20H2;1-9,16H,15H2;5-6H,1-4,7H2,(H,17,18)(H2,13,14,15);10H,2-5H2,1H3;2H,1H3;;;1H2/q;;;;;;;2*+1;/p-2. The molecule has 3 fully saturated rings. The first-order valence-corrected chi connectivity index (χ1v) is 44.8. The first-order valence-electron chi connectivity index (χ1n) is 44.8. The minimum atomic E-state index is -2.19. The maximum atomic E-state index is 15.9. The number of aliphatic hydroxyl groups is 1. The molecule has 690 valence electrons. The zero-order chi connectivity index (χ0) is 93.0. The van der Waals surface area contributed by atoms with Crippen LogP contribution in [0.5, 0.6) is 0 Å². The number of nitrogens with zero attached hydrogens (tertiary/aromatic N) is 9. The van der Waals surface area contributed by atoms with Crippen molar-refractivity contribution in [2.45, 2.75) is 95.9 Å². The number of piperidine rings is 3. The van der Waals surface area contributed by atoms with Crippen molar-refractivity contribution in [3.8, 4) is 45.0 Å². The number of nitrogens with one attached hydrogen (secondary N) is 5. The van der Waals surface area contributed by atoms with E-state index in [0.29, 0.717) is 83.1 Å². The number of aromatic nitrogens is 8. The second-order valence-electron chi connectivity index (χ2n) is 33.8. The normalized spacial score (nSPS) is 15.9. The molecule has 0 unspecified atom stereocenters. The smallest absolute Gasteiger partial charge is 0.870 e. The van der Waals surface area contributed by atoms with Crippen molar-refractivity contribution in [1.29, 1.82) is 0 Å². The summed E-state index contributed by atoms with van der Waals surface area (Å²) in [6.07, 6.45) is 17.2. The van der Waals surface area contributed by atoms with Gasteiger partial charge in [0.15, 0.2) is 11.3 Å². The van der Waals surface area contributed by atoms with E-state index in [2.05, 4.69) is 158 Å². The van der Waals surface area contributed by atoms with Gasteiger partial charge < -0.3 is 105 Å². The number of aliphatic hydroxyl groups excluding tert-OH is 1. The average Bonchev–Trinajstić information content (AvgIpc) is 1.65. The number of aromatic amines is 4. The maximum Gasteiger partial charge on any atom is 1.00 e. The quantitative estimate of drug-likeness (QED) is 0.0348. The SMILES string of the molecule is CB(O)N1CC=C(c2c(-c3ccccc3N)[nH]c3ccccc23)CC1.CB(O)N1CCC(=O)CC1.CO.Nc1ccccc1-c1[nH]c2ccccc2c1C1=CCNCC1.Nc1ccccc1-c1cc2ccccc2[nH]1.Nc1ncc(CN2CCC(F)(C(=O)N3CC=C(c4c(-c5ccccc5N)[nH]c5ccccc45)CC3)CC2)cn1.Nc1ncc(CN2CCC(F)(C(=O)[O-])CC2)cn1.[K+].[Li+].[OH-]. The van der Waals surface area contributed by atoms with Gasteiger partial charge in [-0.2, -0.15) is 0 Å². The van der Waals surface area contributed by atoms with Crippen molar-refractivity contribution in [2.24, 2.45) is 0 Å². The fraction of sp³-hybridized carbons (Fsp3) is 0.277. The molecule has 0 atom stereocenters. The molecular weight excluding hydrogens is 1730 g/mol. The molecule has 0 radical (unpaired) electrons. The minimum absolute atomic E-state index is 0. The average molecular weight is 1840 g/mol. The van der Waals surface area contributed by atoms with Crippen molar-refractivity contribution in [3.05, 3.63) is 271 Å². The number of hydrogen-bond acceptors (Lipinski definition) is 23. The summed E-state index contributed by atoms with van der Waals surface area (Å²) in [5, 5.41) is 44.7. The third kappa shape index (κ3) is 25.8. The number of anilines is 6. The van der Waals surface area contributed by atoms with Crippen LogP contribution in [-0.2, 0) is 27.5 Å². The summed E-state index contributed by atoms with van der Waals surface area (Å²) in [5.41, 5.74) is 56.9. The van der Waals surface area contributed by atoms with E-state index in [4.69, 9.17) is 44.5 Å². The molecule has 34 heteroatoms. The summed E-state index contributed by atoms with van der Waals surface area (Å²) >= 11 is 0. The molecule has 135 heavy (non-hydrogen) atoms. The fourth-order valence-corrected chi connectivity index (χ4v) is 17.7. The van der Waals surface area contributed by atoms with Crippen molar-refractivity contribution in [1.82, 2.24) is 69.5 Å². The first-order chi connectivity index (χ1) is 63.9. The molecule has 1 amide bonds. The van der Waals surface area contributed by atoms with Crippen LogP contribution in [0.1, 0.15) is 85.6 Å². The predicted molar refractivity (Wildman–Crippen MR) is 530 cm³/mol. The van der Waals surface area contributed by atoms with Crippen LogP contribution in [0.3, 0.4) is 0 Å². The number of hydrogen-bond donors (Lipinski definition) is 14. The Bertz CT molecular complexity index is 6380. The Labute approximate surface area is 840 Å². The number of ketones is 1. The Kier molecular flexibility index (Phi) is 37.7. The Morgan fingerprint density at radius 2 is 0.815 bits per heavy atom. The number of fused-ring (bicyclic) bond motifs is 4. The number of alkyl halides is 2. The summed E-state index contributed by atoms with van der Waals surface area (Å²) in [7, 11) is 0.193. The van der Waals surface area contributed by atoms with Crippen LogP contribution in [0.4, 0.5) is 43.4 Å². The van der Waals surface area contributed by atoms with E-state index < -0.39 is 37.3 Å². The number of para-hydroxylation sites is 8. The van der Waals surface area contributed by atoms with Gasteiger partial charge in [0.05, 0.1) is 23.1 Å². The van der Waals surface area contributed by atoms with E-state index in [1.165, 1.54) is 38.4 Å². The summed E-state index contributed by atoms with van der Waals surface area (Å²) in [6, 6.07) is 67.1. The second kappa shape index (κ2) is 48.9. The Morgan fingerprint density at radius 1 is 0.452 bits per heavy atom. The number of likely N-dealkylation sites (tertiary alicyclic amines) is 2. The van der Waals surface area contributed by atoms with Gasteiger partial charge in [0.25, 0.3) is 5.91 Å². The number of nitrogens with two attached hydrogens (primary N) is 6. The van der Waals surface area contributed by atoms with Gasteiger partial charge in [0.1, 0.15) is 5.78 Å². The molecule has 6 aliphatic rings. The van der Waals surface area contributed by atoms with Crippen molar-refractivity contribution < 1.29 is 119 Å². The Balaban J connectivity index is 0.000000161. The van der Waals surface area contributed by atoms with Crippen LogP contribution in [0.25, 0.3) is 105 Å². The van der Waals surface area contributed by atoms with Gasteiger partial charge in [-0.15, -0.1) is 0 Å². The molecule has 0 aliphatic carbocycles. The van der Waals surface area contributed by atoms with Gasteiger partial charge in [-0.25, -0.2) is 28.7 Å². The topological polar surface area (TPSA) is 464 Å². The molecule has 8 aromatic carbocycles. The molecule has 21 N–H and O–H groups in total. The largest absolute Gasteiger partial charge is 1.00 e. The van der Waals surface area contributed by atoms with Crippen LogP contribution in [0.15, 0.2) is 243 Å². The number of aliphatic carboxylic acids is 1. The van der Waals surface area contributed by atoms with Crippen molar-refractivity contribution >= 4 is 127 Å². The maximum absolute atomic E-state index is 15.9. The fourth-order valence-electron chi connectivity index (χ4n) is 17.7. The minimum Gasteiger partial charge on any atom is -0.870 e. The second-order valence-corrected chi connectivity index (χ2v) is 33.8. The van der Waals surface area contributed by atoms with E-state index in [1.54, 1.807) is 36.5 Å². The zero-order valence-corrected chi connectivity index (χ0v) is 80.3. The van der Waals surface area contributed by atoms with Gasteiger partial charge in [0, 0.05) is 245 Å². The summed E-state index contributed by atoms with van der Waals surface area (Å²) in [5.74, 6) is -1.26. The van der Waals surface area contributed by atoms with Crippen LogP contribution >= 0.6 is 0 Å². The predicted octanol–water partition coefficient (Wildman–Crippen LogP) is 7.55. The number of H-pyrrole nitrogens is 4. The number of rotatable bonds is 15. The first kappa shape index (κ1) is 104. The van der Waals surface area contributed by atoms with E-state index in [1.807, 2.05) is 132 Å². The Hall–Kier alpha value is -11.4. The number of benzene rings is 8. The third-order valence-corrected chi connectivity index (χ3v) is 25.1. The number of halogens is 2. The van der Waals surface area contributed by atoms with Gasteiger partial charge in [0.2, 0.25) is 11.9 Å². The number of amides is 1. The number of nitrogen functional groups attached to an aromatic ring is 6. The molecule has 20 rings (SSSR count). The van der Waals surface area contributed by atoms with E-state index in [-0.39, 0.29) is 113 Å². The molecule has 3 saturated heterocycles. The van der Waals surface area contributed by atoms with Gasteiger partial charge in [-0.1, -0.05) is 164 Å². The van der Waals surface area contributed by atoms with Gasteiger partial charge in [-0.3, -0.25) is 19.4 Å². The van der Waals surface area contributed by atoms with Gasteiger partial charge >= 0.3 is 84.3 Å². The third-order valence-electron chi connectivity index (χ3n) is 25.1. The molecule has 28 nitrogen and oxygen atoms in total. The zero-order valence-electron chi connectivity index (χ0n) is 77.2. The number of carboxylic acids is 1. The van der Waals surface area contributed by atoms with Crippen LogP contribution < -0.4 is 115 Å². The number of carbonyl (C=O) groups excluding carboxylic acids is 3. The number of carboxylic acid groups (broad SMARTS) is 1. The number of carbonyl (C=O) groups is 3. The summed E-state index contributed by atoms with van der Waals surface area (Å²) < 4.78 is 29.7. The molecule has 6 aliphatic heterocycles. The monoisotopic (exact) mass is 1840 g/mol. The van der Waals surface area contributed by atoms with Crippen molar-refractivity contribution in [3.63, 3.8) is 0 Å². The molecule has 14 aromatic rings. The molecule has 0 spiro atoms. The van der Waals surface area contributed by atoms with Crippen molar-refractivity contribution in [2.75, 3.05) is 120 Å². The molecule has 0 saturated carbocycles. The van der Waals surface area contributed by atoms with Gasteiger partial charge in [-0.05, 0) is 143 Å². The van der Waals surface area contributed by atoms with E-state index >= 15 is 4.39 Å². The summed E-state index contributed by atoms with van der Waals surface area (Å²) in [6.45, 7) is 12.3. The van der Waals surface area contributed by atoms with E-state index in [0.717, 1.165) is 171 Å². The van der Waals surface area contributed by atoms with Crippen LogP contribution in [0.2, 0.25) is 13.6 Å². The molecule has 0 bridgehead atoms. The van der Waals surface area contributed by atoms with Crippen LogP contribution in [0, 0.1) is 0 Å². The Morgan fingerprint density at radius 3 is 1.19 bits per heavy atom.